The van der Waals surface area contributed by atoms with Crippen molar-refractivity contribution in [1.29, 1.82) is 5.41 Å². The molecule has 0 spiro atoms. The summed E-state index contributed by atoms with van der Waals surface area (Å²) in [5, 5.41) is 11.9. The van der Waals surface area contributed by atoms with E-state index in [1.807, 2.05) is 36.4 Å². The van der Waals surface area contributed by atoms with Gasteiger partial charge in [0, 0.05) is 35.7 Å². The second kappa shape index (κ2) is 9.36. The molecule has 150 valence electrons. The predicted octanol–water partition coefficient (Wildman–Crippen LogP) is 3.55. The molecule has 0 aliphatic carbocycles. The van der Waals surface area contributed by atoms with Crippen molar-refractivity contribution >= 4 is 23.5 Å². The first kappa shape index (κ1) is 20.6. The monoisotopic (exact) mass is 411 g/mol. The smallest absolute Gasteiger partial charge is 0.289 e. The van der Waals surface area contributed by atoms with Crippen LogP contribution in [-0.4, -0.2) is 32.5 Å². The van der Waals surface area contributed by atoms with Gasteiger partial charge in [-0.1, -0.05) is 54.6 Å². The van der Waals surface area contributed by atoms with E-state index in [9.17, 15) is 4.79 Å². The Labute approximate surface area is 174 Å². The number of aromatic nitrogens is 2. The van der Waals surface area contributed by atoms with Gasteiger partial charge in [0.2, 0.25) is 6.23 Å². The summed E-state index contributed by atoms with van der Waals surface area (Å²) in [6.45, 7) is 2.31. The summed E-state index contributed by atoms with van der Waals surface area (Å²) in [6, 6.07) is 18.5. The number of rotatable bonds is 8. The van der Waals surface area contributed by atoms with Crippen LogP contribution in [0.2, 0.25) is 0 Å². The highest BCUT2D eigenvalue weighted by Crippen LogP contribution is 2.21. The number of benzene rings is 2. The van der Waals surface area contributed by atoms with Crippen molar-refractivity contribution < 1.29 is 9.53 Å². The van der Waals surface area contributed by atoms with Crippen LogP contribution in [0.3, 0.4) is 0 Å². The molecule has 0 bridgehead atoms. The Morgan fingerprint density at radius 2 is 1.90 bits per heavy atom. The van der Waals surface area contributed by atoms with E-state index >= 15 is 0 Å². The molecule has 0 aliphatic heterocycles. The van der Waals surface area contributed by atoms with E-state index in [-0.39, 0.29) is 12.4 Å². The van der Waals surface area contributed by atoms with Crippen molar-refractivity contribution in [3.05, 3.63) is 78.0 Å². The second-order valence-electron chi connectivity index (χ2n) is 6.32. The maximum absolute atomic E-state index is 12.9. The highest BCUT2D eigenvalue weighted by molar-refractivity contribution is 6.21. The van der Waals surface area contributed by atoms with Crippen molar-refractivity contribution in [2.45, 2.75) is 19.7 Å². The number of nitrogens with zero attached hydrogens (tertiary/aromatic N) is 3. The summed E-state index contributed by atoms with van der Waals surface area (Å²) in [5.41, 5.74) is 8.56. The maximum Gasteiger partial charge on any atom is 0.289 e. The largest absolute Gasteiger partial charge is 0.384 e. The molecule has 3 rings (SSSR count). The van der Waals surface area contributed by atoms with Gasteiger partial charge in [0.05, 0.1) is 12.2 Å². The molecule has 2 aromatic carbocycles. The Kier molecular flexibility index (Phi) is 6.64. The molecule has 0 radical (unpaired) electrons. The van der Waals surface area contributed by atoms with Gasteiger partial charge in [0.25, 0.3) is 5.91 Å². The first-order valence-corrected chi connectivity index (χ1v) is 9.46. The number of nitrogen functional groups attached to an aromatic ring is 1. The van der Waals surface area contributed by atoms with Crippen molar-refractivity contribution in [2.24, 2.45) is 5.73 Å². The van der Waals surface area contributed by atoms with Crippen LogP contribution in [0.5, 0.6) is 0 Å². The lowest BCUT2D eigenvalue weighted by Gasteiger charge is -2.22. The van der Waals surface area contributed by atoms with E-state index in [1.165, 1.54) is 4.68 Å². The number of amidine groups is 1. The fourth-order valence-corrected chi connectivity index (χ4v) is 3.02. The van der Waals surface area contributed by atoms with Crippen LogP contribution in [0, 0.1) is 5.41 Å². The minimum atomic E-state index is -0.966. The summed E-state index contributed by atoms with van der Waals surface area (Å²) >= 11 is 6.27. The quantitative estimate of drug-likeness (QED) is 0.336. The minimum absolute atomic E-state index is 0.0142. The van der Waals surface area contributed by atoms with Crippen molar-refractivity contribution in [3.63, 3.8) is 0 Å². The number of hydrogen-bond acceptors (Lipinski definition) is 4. The zero-order chi connectivity index (χ0) is 20.8. The molecule has 1 atom stereocenters. The molecule has 0 saturated heterocycles. The van der Waals surface area contributed by atoms with Gasteiger partial charge >= 0.3 is 0 Å². The van der Waals surface area contributed by atoms with Crippen molar-refractivity contribution in [2.75, 3.05) is 6.61 Å². The summed E-state index contributed by atoms with van der Waals surface area (Å²) < 4.78 is 8.18. The van der Waals surface area contributed by atoms with E-state index in [4.69, 9.17) is 27.7 Å². The topological polar surface area (TPSA) is 97.2 Å². The minimum Gasteiger partial charge on any atom is -0.384 e. The van der Waals surface area contributed by atoms with Gasteiger partial charge in [-0.25, -0.2) is 9.10 Å². The van der Waals surface area contributed by atoms with E-state index < -0.39 is 12.1 Å². The Morgan fingerprint density at radius 3 is 2.52 bits per heavy atom. The third kappa shape index (κ3) is 5.01. The highest BCUT2D eigenvalue weighted by atomic mass is 35.5. The molecule has 0 fully saturated rings. The molecule has 1 aromatic heterocycles. The Bertz CT molecular complexity index is 972. The molecule has 7 nitrogen and oxygen atoms in total. The number of nitrogens with two attached hydrogens (primary N) is 1. The maximum atomic E-state index is 12.9. The molecule has 3 N–H and O–H groups in total. The van der Waals surface area contributed by atoms with Gasteiger partial charge in [-0.15, -0.1) is 0 Å². The Hall–Kier alpha value is -3.16. The van der Waals surface area contributed by atoms with Crippen LogP contribution < -0.4 is 5.73 Å². The highest BCUT2D eigenvalue weighted by Gasteiger charge is 2.27. The average Bonchev–Trinajstić information content (AvgIpc) is 3.22. The first-order valence-electron chi connectivity index (χ1n) is 9.12. The lowest BCUT2D eigenvalue weighted by molar-refractivity contribution is -0.146. The number of hydrogen-bond donors (Lipinski definition) is 2. The molecular weight excluding hydrogens is 390 g/mol. The molecule has 3 aromatic rings. The van der Waals surface area contributed by atoms with Crippen LogP contribution in [0.4, 0.5) is 0 Å². The SMILES string of the molecule is CCOC(C(=O)N(Cl)Cc1ccc(C(=N)N)cc1)n1ccc(-c2ccccc2)n1. The third-order valence-electron chi connectivity index (χ3n) is 4.28. The van der Waals surface area contributed by atoms with Crippen LogP contribution in [0.15, 0.2) is 66.9 Å². The first-order chi connectivity index (χ1) is 14.0. The molecular formula is C21H22ClN5O2. The number of carbonyl (C=O) groups excluding carboxylic acids is 1. The zero-order valence-electron chi connectivity index (χ0n) is 16.0. The van der Waals surface area contributed by atoms with E-state index in [1.54, 1.807) is 37.4 Å². The Morgan fingerprint density at radius 1 is 1.21 bits per heavy atom. The van der Waals surface area contributed by atoms with Crippen molar-refractivity contribution in [3.8, 4) is 11.3 Å². The normalized spacial score (nSPS) is 11.8. The van der Waals surface area contributed by atoms with Gasteiger partial charge in [-0.3, -0.25) is 10.2 Å². The number of ether oxygens (including phenoxy) is 1. The van der Waals surface area contributed by atoms with Crippen molar-refractivity contribution in [1.82, 2.24) is 14.2 Å². The Balaban J connectivity index is 1.75. The fraction of sp³-hybridized carbons (Fsp3) is 0.190. The van der Waals surface area contributed by atoms with Crippen LogP contribution in [-0.2, 0) is 16.1 Å². The molecule has 1 heterocycles. The summed E-state index contributed by atoms with van der Waals surface area (Å²) in [7, 11) is 0. The number of carbonyl (C=O) groups is 1. The second-order valence-corrected chi connectivity index (χ2v) is 6.73. The van der Waals surface area contributed by atoms with E-state index in [0.717, 1.165) is 21.2 Å². The van der Waals surface area contributed by atoms with Gasteiger partial charge in [-0.2, -0.15) is 5.10 Å². The zero-order valence-corrected chi connectivity index (χ0v) is 16.7. The number of halogens is 1. The van der Waals surface area contributed by atoms with E-state index in [2.05, 4.69) is 5.10 Å². The predicted molar refractivity (Wildman–Crippen MR) is 112 cm³/mol. The lowest BCUT2D eigenvalue weighted by atomic mass is 10.1. The van der Waals surface area contributed by atoms with Gasteiger partial charge in [0.1, 0.15) is 5.84 Å². The molecule has 8 heteroatoms. The molecule has 0 aliphatic rings. The third-order valence-corrected chi connectivity index (χ3v) is 4.57. The lowest BCUT2D eigenvalue weighted by Crippen LogP contribution is -2.33. The van der Waals surface area contributed by atoms with Crippen LogP contribution in [0.1, 0.15) is 24.3 Å². The van der Waals surface area contributed by atoms with Crippen LogP contribution >= 0.6 is 11.8 Å². The summed E-state index contributed by atoms with van der Waals surface area (Å²) in [5.74, 6) is -0.438. The van der Waals surface area contributed by atoms with E-state index in [0.29, 0.717) is 12.2 Å². The standard InChI is InChI=1S/C21H22ClN5O2/c1-2-29-21(27-13-12-18(25-27)16-6-4-3-5-7-16)20(28)26(22)14-15-8-10-17(11-9-15)19(23)24/h3-13,21H,2,14H2,1H3,(H3,23,24). The van der Waals surface area contributed by atoms with Gasteiger partial charge in [0.15, 0.2) is 0 Å². The molecule has 1 amide bonds. The summed E-state index contributed by atoms with van der Waals surface area (Å²) in [6.07, 6.45) is 0.735. The molecule has 29 heavy (non-hydrogen) atoms. The van der Waals surface area contributed by atoms with Gasteiger partial charge < -0.3 is 10.5 Å². The number of nitrogens with one attached hydrogen (secondary N) is 1. The van der Waals surface area contributed by atoms with Gasteiger partial charge in [-0.05, 0) is 18.6 Å². The number of amides is 1. The summed E-state index contributed by atoms with van der Waals surface area (Å²) in [4.78, 5) is 12.9. The molecule has 1 unspecified atom stereocenters. The van der Waals surface area contributed by atoms with Crippen LogP contribution in [0.25, 0.3) is 11.3 Å². The molecule has 0 saturated carbocycles. The average molecular weight is 412 g/mol. The fourth-order valence-electron chi connectivity index (χ4n) is 2.80.